The molecule has 7 heteroatoms. The summed E-state index contributed by atoms with van der Waals surface area (Å²) in [7, 11) is 3.79. The first-order valence-corrected chi connectivity index (χ1v) is 8.30. The predicted molar refractivity (Wildman–Crippen MR) is 86.0 cm³/mol. The molecule has 0 bridgehead atoms. The van der Waals surface area contributed by atoms with Gasteiger partial charge in [0.05, 0.1) is 6.61 Å². The minimum Gasteiger partial charge on any atom is -0.463 e. The summed E-state index contributed by atoms with van der Waals surface area (Å²) in [6.07, 6.45) is 4.13. The number of nitrogens with one attached hydrogen (secondary N) is 1. The topological polar surface area (TPSA) is 63.2 Å². The van der Waals surface area contributed by atoms with Crippen molar-refractivity contribution in [3.05, 3.63) is 0 Å². The minimum absolute atomic E-state index is 0.369. The van der Waals surface area contributed by atoms with Crippen LogP contribution in [-0.4, -0.2) is 53.7 Å². The van der Waals surface area contributed by atoms with Crippen molar-refractivity contribution < 1.29 is 4.74 Å². The third-order valence-electron chi connectivity index (χ3n) is 2.98. The van der Waals surface area contributed by atoms with E-state index in [9.17, 15) is 0 Å². The lowest BCUT2D eigenvalue weighted by Crippen LogP contribution is -2.31. The largest absolute Gasteiger partial charge is 0.463 e. The summed E-state index contributed by atoms with van der Waals surface area (Å²) >= 11 is 1.85. The van der Waals surface area contributed by atoms with Gasteiger partial charge in [-0.1, -0.05) is 6.92 Å². The number of ether oxygens (including phenoxy) is 1. The van der Waals surface area contributed by atoms with Gasteiger partial charge in [0.15, 0.2) is 0 Å². The molecule has 1 aromatic heterocycles. The molecular formula is C13H25N5OS. The third kappa shape index (κ3) is 5.03. The van der Waals surface area contributed by atoms with Gasteiger partial charge in [0, 0.05) is 20.1 Å². The first-order chi connectivity index (χ1) is 9.62. The zero-order valence-electron chi connectivity index (χ0n) is 13.0. The highest BCUT2D eigenvalue weighted by Gasteiger charge is 2.15. The zero-order chi connectivity index (χ0) is 15.0. The molecule has 0 spiro atoms. The van der Waals surface area contributed by atoms with Gasteiger partial charge in [-0.3, -0.25) is 0 Å². The highest BCUT2D eigenvalue weighted by molar-refractivity contribution is 7.98. The summed E-state index contributed by atoms with van der Waals surface area (Å²) < 4.78 is 5.52. The molecule has 114 valence electrons. The first kappa shape index (κ1) is 16.8. The Morgan fingerprint density at radius 2 is 2.10 bits per heavy atom. The molecule has 1 atom stereocenters. The summed E-state index contributed by atoms with van der Waals surface area (Å²) in [6, 6.07) is 0.749. The number of nitrogens with zero attached hydrogens (tertiary/aromatic N) is 4. The van der Waals surface area contributed by atoms with Gasteiger partial charge in [-0.05, 0) is 31.8 Å². The lowest BCUT2D eigenvalue weighted by Gasteiger charge is -2.25. The van der Waals surface area contributed by atoms with E-state index in [1.54, 1.807) is 7.05 Å². The Morgan fingerprint density at radius 1 is 1.35 bits per heavy atom. The van der Waals surface area contributed by atoms with Gasteiger partial charge in [0.1, 0.15) is 0 Å². The highest BCUT2D eigenvalue weighted by atomic mass is 32.2. The van der Waals surface area contributed by atoms with Gasteiger partial charge in [-0.25, -0.2) is 0 Å². The van der Waals surface area contributed by atoms with E-state index in [1.807, 2.05) is 18.8 Å². The van der Waals surface area contributed by atoms with Crippen molar-refractivity contribution >= 4 is 23.7 Å². The molecule has 0 aromatic carbocycles. The molecule has 1 heterocycles. The molecule has 6 nitrogen and oxygen atoms in total. The summed E-state index contributed by atoms with van der Waals surface area (Å²) in [4.78, 5) is 15.1. The fourth-order valence-electron chi connectivity index (χ4n) is 1.55. The molecule has 0 aliphatic heterocycles. The van der Waals surface area contributed by atoms with Gasteiger partial charge in [0.25, 0.3) is 0 Å². The second-order valence-corrected chi connectivity index (χ2v) is 5.57. The summed E-state index contributed by atoms with van der Waals surface area (Å²) in [5.41, 5.74) is 0. The maximum Gasteiger partial charge on any atom is 0.323 e. The van der Waals surface area contributed by atoms with Gasteiger partial charge >= 0.3 is 6.01 Å². The molecule has 0 fully saturated rings. The Morgan fingerprint density at radius 3 is 2.70 bits per heavy atom. The SMILES string of the molecule is CCCOc1nc(NC)nc(N(C)C(C)CCSC)n1. The van der Waals surface area contributed by atoms with Gasteiger partial charge in [-0.2, -0.15) is 26.7 Å². The fraction of sp³-hybridized carbons (Fsp3) is 0.769. The van der Waals surface area contributed by atoms with Gasteiger partial charge in [0.2, 0.25) is 11.9 Å². The van der Waals surface area contributed by atoms with E-state index in [1.165, 1.54) is 0 Å². The van der Waals surface area contributed by atoms with Gasteiger partial charge in [-0.15, -0.1) is 0 Å². The number of thioether (sulfide) groups is 1. The fourth-order valence-corrected chi connectivity index (χ4v) is 2.13. The average Bonchev–Trinajstić information content (AvgIpc) is 2.49. The van der Waals surface area contributed by atoms with E-state index < -0.39 is 0 Å². The molecule has 1 N–H and O–H groups in total. The monoisotopic (exact) mass is 299 g/mol. The van der Waals surface area contributed by atoms with E-state index in [0.29, 0.717) is 30.6 Å². The molecule has 1 unspecified atom stereocenters. The second-order valence-electron chi connectivity index (χ2n) is 4.58. The summed E-state index contributed by atoms with van der Waals surface area (Å²) in [5.74, 6) is 2.29. The van der Waals surface area contributed by atoms with Crippen molar-refractivity contribution in [2.24, 2.45) is 0 Å². The Bertz CT molecular complexity index is 404. The lowest BCUT2D eigenvalue weighted by molar-refractivity contribution is 0.291. The highest BCUT2D eigenvalue weighted by Crippen LogP contribution is 2.17. The van der Waals surface area contributed by atoms with E-state index in [0.717, 1.165) is 18.6 Å². The van der Waals surface area contributed by atoms with Crippen molar-refractivity contribution in [3.63, 3.8) is 0 Å². The molecule has 0 saturated heterocycles. The molecular weight excluding hydrogens is 274 g/mol. The Balaban J connectivity index is 2.85. The van der Waals surface area contributed by atoms with Crippen LogP contribution in [0.3, 0.4) is 0 Å². The van der Waals surface area contributed by atoms with Crippen LogP contribution in [0.25, 0.3) is 0 Å². The van der Waals surface area contributed by atoms with E-state index >= 15 is 0 Å². The van der Waals surface area contributed by atoms with Crippen LogP contribution in [0, 0.1) is 0 Å². The molecule has 0 radical (unpaired) electrons. The number of anilines is 2. The summed E-state index contributed by atoms with van der Waals surface area (Å²) in [6.45, 7) is 4.83. The van der Waals surface area contributed by atoms with Crippen molar-refractivity contribution in [1.82, 2.24) is 15.0 Å². The molecule has 0 saturated carbocycles. The summed E-state index contributed by atoms with van der Waals surface area (Å²) in [5, 5.41) is 2.95. The Kier molecular flexibility index (Phi) is 7.43. The lowest BCUT2D eigenvalue weighted by atomic mass is 10.2. The molecule has 20 heavy (non-hydrogen) atoms. The second kappa shape index (κ2) is 8.84. The van der Waals surface area contributed by atoms with Crippen LogP contribution in [0.2, 0.25) is 0 Å². The predicted octanol–water partition coefficient (Wildman–Crippen LogP) is 2.28. The van der Waals surface area contributed by atoms with Crippen LogP contribution in [0.1, 0.15) is 26.7 Å². The van der Waals surface area contributed by atoms with Crippen LogP contribution in [0.5, 0.6) is 6.01 Å². The van der Waals surface area contributed by atoms with Gasteiger partial charge < -0.3 is 15.0 Å². The molecule has 0 aliphatic rings. The first-order valence-electron chi connectivity index (χ1n) is 6.90. The molecule has 1 rings (SSSR count). The normalized spacial score (nSPS) is 12.1. The molecule has 0 amide bonds. The van der Waals surface area contributed by atoms with Crippen LogP contribution in [0.15, 0.2) is 0 Å². The minimum atomic E-state index is 0.369. The number of hydrogen-bond acceptors (Lipinski definition) is 7. The van der Waals surface area contributed by atoms with Crippen LogP contribution in [0.4, 0.5) is 11.9 Å². The van der Waals surface area contributed by atoms with Crippen molar-refractivity contribution in [2.75, 3.05) is 42.9 Å². The number of aromatic nitrogens is 3. The molecule has 1 aromatic rings. The van der Waals surface area contributed by atoms with Crippen LogP contribution < -0.4 is 15.0 Å². The van der Waals surface area contributed by atoms with Crippen LogP contribution in [-0.2, 0) is 0 Å². The Hall–Kier alpha value is -1.24. The standard InChI is InChI=1S/C13H25N5OS/c1-6-8-19-13-16-11(14-3)15-12(17-13)18(4)10(2)7-9-20-5/h10H,6-9H2,1-5H3,(H,14,15,16,17). The van der Waals surface area contributed by atoms with E-state index in [-0.39, 0.29) is 0 Å². The third-order valence-corrected chi connectivity index (χ3v) is 3.62. The van der Waals surface area contributed by atoms with Crippen molar-refractivity contribution in [3.8, 4) is 6.01 Å². The number of rotatable bonds is 9. The Labute approximate surface area is 125 Å². The van der Waals surface area contributed by atoms with E-state index in [4.69, 9.17) is 4.74 Å². The maximum atomic E-state index is 5.52. The van der Waals surface area contributed by atoms with Crippen molar-refractivity contribution in [1.29, 1.82) is 0 Å². The number of hydrogen-bond donors (Lipinski definition) is 1. The van der Waals surface area contributed by atoms with E-state index in [2.05, 4.69) is 45.3 Å². The van der Waals surface area contributed by atoms with Crippen molar-refractivity contribution in [2.45, 2.75) is 32.7 Å². The quantitative estimate of drug-likeness (QED) is 0.750. The smallest absolute Gasteiger partial charge is 0.323 e. The maximum absolute atomic E-state index is 5.52. The average molecular weight is 299 g/mol. The zero-order valence-corrected chi connectivity index (χ0v) is 13.8. The van der Waals surface area contributed by atoms with Crippen LogP contribution >= 0.6 is 11.8 Å². The molecule has 0 aliphatic carbocycles.